The first kappa shape index (κ1) is 14.8. The fourth-order valence-corrected chi connectivity index (χ4v) is 2.49. The summed E-state index contributed by atoms with van der Waals surface area (Å²) in [5, 5.41) is 0. The summed E-state index contributed by atoms with van der Waals surface area (Å²) in [4.78, 5) is 0. The van der Waals surface area contributed by atoms with Crippen molar-refractivity contribution in [2.45, 2.75) is 39.7 Å². The third-order valence-corrected chi connectivity index (χ3v) is 3.49. The standard InChI is InChI=1S/C19H25N/c1-19(2,3)14-18(20)17-11-9-16(10-12-17)13-15-7-5-4-6-8-15/h4-12,18H,13-14,20H2,1-3H3. The fourth-order valence-electron chi connectivity index (χ4n) is 2.49. The van der Waals surface area contributed by atoms with Crippen LogP contribution in [0, 0.1) is 5.41 Å². The zero-order chi connectivity index (χ0) is 14.6. The van der Waals surface area contributed by atoms with Crippen LogP contribution in [0.25, 0.3) is 0 Å². The van der Waals surface area contributed by atoms with Gasteiger partial charge >= 0.3 is 0 Å². The molecule has 1 nitrogen and oxygen atoms in total. The summed E-state index contributed by atoms with van der Waals surface area (Å²) in [6.07, 6.45) is 1.99. The van der Waals surface area contributed by atoms with Crippen molar-refractivity contribution in [3.05, 3.63) is 71.3 Å². The van der Waals surface area contributed by atoms with Crippen LogP contribution in [-0.2, 0) is 6.42 Å². The first-order chi connectivity index (χ1) is 9.44. The van der Waals surface area contributed by atoms with E-state index in [1.165, 1.54) is 16.7 Å². The van der Waals surface area contributed by atoms with E-state index in [9.17, 15) is 0 Å². The summed E-state index contributed by atoms with van der Waals surface area (Å²) < 4.78 is 0. The molecule has 0 aliphatic rings. The molecule has 106 valence electrons. The molecule has 0 aromatic heterocycles. The van der Waals surface area contributed by atoms with E-state index >= 15 is 0 Å². The van der Waals surface area contributed by atoms with E-state index in [1.807, 2.05) is 0 Å². The Morgan fingerprint density at radius 2 is 1.40 bits per heavy atom. The molecule has 2 aromatic rings. The van der Waals surface area contributed by atoms with Gasteiger partial charge in [-0.05, 0) is 34.9 Å². The van der Waals surface area contributed by atoms with Gasteiger partial charge in [0.15, 0.2) is 0 Å². The molecule has 0 aliphatic carbocycles. The normalized spacial score (nSPS) is 13.2. The second-order valence-corrected chi connectivity index (χ2v) is 6.78. The van der Waals surface area contributed by atoms with Crippen LogP contribution in [0.1, 0.15) is 49.9 Å². The molecule has 0 aliphatic heterocycles. The summed E-state index contributed by atoms with van der Waals surface area (Å²) in [6, 6.07) is 19.4. The smallest absolute Gasteiger partial charge is 0.0299 e. The van der Waals surface area contributed by atoms with Gasteiger partial charge in [0.2, 0.25) is 0 Å². The van der Waals surface area contributed by atoms with Crippen molar-refractivity contribution in [3.8, 4) is 0 Å². The van der Waals surface area contributed by atoms with Gasteiger partial charge < -0.3 is 5.73 Å². The molecule has 0 spiro atoms. The van der Waals surface area contributed by atoms with E-state index in [-0.39, 0.29) is 11.5 Å². The van der Waals surface area contributed by atoms with Crippen LogP contribution in [0.3, 0.4) is 0 Å². The average Bonchev–Trinajstić information content (AvgIpc) is 2.39. The average molecular weight is 267 g/mol. The van der Waals surface area contributed by atoms with Gasteiger partial charge in [0.1, 0.15) is 0 Å². The second-order valence-electron chi connectivity index (χ2n) is 6.78. The van der Waals surface area contributed by atoms with Gasteiger partial charge in [0.05, 0.1) is 0 Å². The largest absolute Gasteiger partial charge is 0.324 e. The molecule has 0 amide bonds. The molecule has 1 unspecified atom stereocenters. The molecule has 2 aromatic carbocycles. The van der Waals surface area contributed by atoms with Gasteiger partial charge in [-0.2, -0.15) is 0 Å². The highest BCUT2D eigenvalue weighted by atomic mass is 14.6. The summed E-state index contributed by atoms with van der Waals surface area (Å²) in [6.45, 7) is 6.70. The Bertz CT molecular complexity index is 520. The molecule has 1 heteroatoms. The summed E-state index contributed by atoms with van der Waals surface area (Å²) in [5.41, 5.74) is 10.5. The highest BCUT2D eigenvalue weighted by Gasteiger charge is 2.16. The van der Waals surface area contributed by atoms with Crippen LogP contribution in [0.4, 0.5) is 0 Å². The Kier molecular flexibility index (Phi) is 4.61. The minimum absolute atomic E-state index is 0.126. The molecule has 0 bridgehead atoms. The lowest BCUT2D eigenvalue weighted by atomic mass is 9.85. The minimum atomic E-state index is 0.126. The zero-order valence-corrected chi connectivity index (χ0v) is 12.8. The predicted octanol–water partition coefficient (Wildman–Crippen LogP) is 4.71. The van der Waals surface area contributed by atoms with Gasteiger partial charge in [-0.1, -0.05) is 75.4 Å². The van der Waals surface area contributed by atoms with E-state index in [0.29, 0.717) is 0 Å². The highest BCUT2D eigenvalue weighted by molar-refractivity contribution is 5.29. The Balaban J connectivity index is 2.03. The quantitative estimate of drug-likeness (QED) is 0.852. The van der Waals surface area contributed by atoms with Crippen molar-refractivity contribution < 1.29 is 0 Å². The maximum Gasteiger partial charge on any atom is 0.0299 e. The van der Waals surface area contributed by atoms with Gasteiger partial charge in [-0.15, -0.1) is 0 Å². The molecule has 2 rings (SSSR count). The Hall–Kier alpha value is -1.60. The molecule has 0 fully saturated rings. The van der Waals surface area contributed by atoms with Gasteiger partial charge in [-0.3, -0.25) is 0 Å². The van der Waals surface area contributed by atoms with Crippen molar-refractivity contribution in [2.75, 3.05) is 0 Å². The maximum atomic E-state index is 6.28. The lowest BCUT2D eigenvalue weighted by Crippen LogP contribution is -2.18. The van der Waals surface area contributed by atoms with Crippen molar-refractivity contribution >= 4 is 0 Å². The molecule has 0 heterocycles. The molecule has 0 saturated heterocycles. The van der Waals surface area contributed by atoms with Crippen molar-refractivity contribution in [3.63, 3.8) is 0 Å². The number of nitrogens with two attached hydrogens (primary N) is 1. The minimum Gasteiger partial charge on any atom is -0.324 e. The topological polar surface area (TPSA) is 26.0 Å². The number of benzene rings is 2. The molecular weight excluding hydrogens is 242 g/mol. The maximum absolute atomic E-state index is 6.28. The lowest BCUT2D eigenvalue weighted by molar-refractivity contribution is 0.343. The number of rotatable bonds is 4. The first-order valence-electron chi connectivity index (χ1n) is 7.32. The Morgan fingerprint density at radius 1 is 0.850 bits per heavy atom. The molecule has 20 heavy (non-hydrogen) atoms. The summed E-state index contributed by atoms with van der Waals surface area (Å²) >= 11 is 0. The molecule has 0 radical (unpaired) electrons. The van der Waals surface area contributed by atoms with Gasteiger partial charge in [-0.25, -0.2) is 0 Å². The van der Waals surface area contributed by atoms with Crippen LogP contribution in [0.2, 0.25) is 0 Å². The van der Waals surface area contributed by atoms with Gasteiger partial charge in [0, 0.05) is 6.04 Å². The fraction of sp³-hybridized carbons (Fsp3) is 0.368. The van der Waals surface area contributed by atoms with Crippen LogP contribution < -0.4 is 5.73 Å². The summed E-state index contributed by atoms with van der Waals surface area (Å²) in [5.74, 6) is 0. The Morgan fingerprint density at radius 3 is 1.95 bits per heavy atom. The third kappa shape index (κ3) is 4.50. The third-order valence-electron chi connectivity index (χ3n) is 3.49. The van der Waals surface area contributed by atoms with Crippen molar-refractivity contribution in [1.29, 1.82) is 0 Å². The van der Waals surface area contributed by atoms with Crippen LogP contribution in [0.5, 0.6) is 0 Å². The predicted molar refractivity (Wildman–Crippen MR) is 86.7 cm³/mol. The van der Waals surface area contributed by atoms with Crippen LogP contribution in [0.15, 0.2) is 54.6 Å². The molecule has 2 N–H and O–H groups in total. The van der Waals surface area contributed by atoms with E-state index in [2.05, 4.69) is 75.4 Å². The molecule has 1 atom stereocenters. The van der Waals surface area contributed by atoms with E-state index in [0.717, 1.165) is 12.8 Å². The summed E-state index contributed by atoms with van der Waals surface area (Å²) in [7, 11) is 0. The number of hydrogen-bond donors (Lipinski definition) is 1. The van der Waals surface area contributed by atoms with E-state index < -0.39 is 0 Å². The van der Waals surface area contributed by atoms with E-state index in [1.54, 1.807) is 0 Å². The highest BCUT2D eigenvalue weighted by Crippen LogP contribution is 2.27. The lowest BCUT2D eigenvalue weighted by Gasteiger charge is -2.23. The van der Waals surface area contributed by atoms with Crippen LogP contribution in [-0.4, -0.2) is 0 Å². The van der Waals surface area contributed by atoms with Gasteiger partial charge in [0.25, 0.3) is 0 Å². The van der Waals surface area contributed by atoms with Crippen molar-refractivity contribution in [1.82, 2.24) is 0 Å². The SMILES string of the molecule is CC(C)(C)CC(N)c1ccc(Cc2ccccc2)cc1. The molecule has 0 saturated carbocycles. The van der Waals surface area contributed by atoms with E-state index in [4.69, 9.17) is 5.73 Å². The van der Waals surface area contributed by atoms with Crippen molar-refractivity contribution in [2.24, 2.45) is 11.1 Å². The monoisotopic (exact) mass is 267 g/mol. The number of hydrogen-bond acceptors (Lipinski definition) is 1. The molecular formula is C19H25N. The second kappa shape index (κ2) is 6.23. The first-order valence-corrected chi connectivity index (χ1v) is 7.32. The zero-order valence-electron chi connectivity index (χ0n) is 12.8. The van der Waals surface area contributed by atoms with Crippen LogP contribution >= 0.6 is 0 Å². The Labute approximate surface area is 122 Å².